The van der Waals surface area contributed by atoms with Gasteiger partial charge in [-0.25, -0.2) is 0 Å². The van der Waals surface area contributed by atoms with E-state index in [-0.39, 0.29) is 0 Å². The highest BCUT2D eigenvalue weighted by Gasteiger charge is 2.37. The first-order valence-corrected chi connectivity index (χ1v) is 5.97. The van der Waals surface area contributed by atoms with Gasteiger partial charge in [-0.1, -0.05) is 68.9 Å². The molecule has 0 fully saturated rings. The molecule has 0 amide bonds. The predicted octanol–water partition coefficient (Wildman–Crippen LogP) is 4.28. The van der Waals surface area contributed by atoms with Crippen molar-refractivity contribution in [3.8, 4) is 0 Å². The van der Waals surface area contributed by atoms with Gasteiger partial charge in [0.05, 0.1) is 0 Å². The zero-order chi connectivity index (χ0) is 10.7. The second-order valence-electron chi connectivity index (χ2n) is 4.85. The summed E-state index contributed by atoms with van der Waals surface area (Å²) in [5.74, 6) is 1.21. The maximum Gasteiger partial charge on any atom is 0.00153 e. The third kappa shape index (κ3) is 1.86. The van der Waals surface area contributed by atoms with E-state index in [0.717, 1.165) is 0 Å². The van der Waals surface area contributed by atoms with E-state index >= 15 is 0 Å². The van der Waals surface area contributed by atoms with Gasteiger partial charge in [0.25, 0.3) is 0 Å². The Balaban J connectivity index is 2.22. The molecule has 0 saturated heterocycles. The Hall–Kier alpha value is -1.04. The number of allylic oxidation sites excluding steroid dienone is 8. The van der Waals surface area contributed by atoms with Crippen LogP contribution < -0.4 is 0 Å². The Labute approximate surface area is 93.1 Å². The van der Waals surface area contributed by atoms with E-state index in [9.17, 15) is 0 Å². The van der Waals surface area contributed by atoms with Crippen molar-refractivity contribution in [1.82, 2.24) is 0 Å². The number of hydrogen-bond donors (Lipinski definition) is 0. The van der Waals surface area contributed by atoms with Crippen molar-refractivity contribution in [3.05, 3.63) is 48.6 Å². The molecule has 15 heavy (non-hydrogen) atoms. The first-order valence-electron chi connectivity index (χ1n) is 5.97. The van der Waals surface area contributed by atoms with Gasteiger partial charge in [-0.15, -0.1) is 0 Å². The van der Waals surface area contributed by atoms with E-state index in [1.165, 1.54) is 12.8 Å². The molecule has 0 saturated carbocycles. The lowest BCUT2D eigenvalue weighted by atomic mass is 9.66. The van der Waals surface area contributed by atoms with E-state index in [0.29, 0.717) is 17.3 Å². The molecule has 0 aromatic heterocycles. The van der Waals surface area contributed by atoms with Gasteiger partial charge in [-0.3, -0.25) is 0 Å². The van der Waals surface area contributed by atoms with Gasteiger partial charge in [0.1, 0.15) is 0 Å². The molecule has 0 spiro atoms. The van der Waals surface area contributed by atoms with Crippen molar-refractivity contribution in [1.29, 1.82) is 0 Å². The Bertz CT molecular complexity index is 276. The molecular formula is C15H20. The lowest BCUT2D eigenvalue weighted by Crippen LogP contribution is -2.30. The van der Waals surface area contributed by atoms with E-state index in [1.807, 2.05) is 0 Å². The van der Waals surface area contributed by atoms with Crippen LogP contribution in [0.25, 0.3) is 0 Å². The van der Waals surface area contributed by atoms with Crippen molar-refractivity contribution in [2.24, 2.45) is 17.3 Å². The topological polar surface area (TPSA) is 0 Å². The molecule has 0 unspecified atom stereocenters. The molecule has 2 aliphatic carbocycles. The third-order valence-electron chi connectivity index (χ3n) is 3.81. The Kier molecular flexibility index (Phi) is 2.95. The number of hydrogen-bond acceptors (Lipinski definition) is 0. The van der Waals surface area contributed by atoms with Gasteiger partial charge in [-0.05, 0) is 11.8 Å². The van der Waals surface area contributed by atoms with Gasteiger partial charge in [0.2, 0.25) is 0 Å². The maximum absolute atomic E-state index is 2.42. The second kappa shape index (κ2) is 4.22. The molecule has 0 heteroatoms. The molecule has 0 radical (unpaired) electrons. The molecule has 0 bridgehead atoms. The smallest absolute Gasteiger partial charge is 0.00153 e. The van der Waals surface area contributed by atoms with Crippen molar-refractivity contribution in [2.45, 2.75) is 26.7 Å². The summed E-state index contributed by atoms with van der Waals surface area (Å²) >= 11 is 0. The van der Waals surface area contributed by atoms with Gasteiger partial charge in [-0.2, -0.15) is 0 Å². The van der Waals surface area contributed by atoms with Crippen LogP contribution >= 0.6 is 0 Å². The highest BCUT2D eigenvalue weighted by Crippen LogP contribution is 2.45. The van der Waals surface area contributed by atoms with Crippen molar-refractivity contribution in [2.75, 3.05) is 0 Å². The summed E-state index contributed by atoms with van der Waals surface area (Å²) < 4.78 is 0. The van der Waals surface area contributed by atoms with Gasteiger partial charge in [0.15, 0.2) is 0 Å². The van der Waals surface area contributed by atoms with Crippen LogP contribution in [-0.4, -0.2) is 0 Å². The van der Waals surface area contributed by atoms with Gasteiger partial charge < -0.3 is 0 Å². The molecule has 80 valence electrons. The molecule has 2 rings (SSSR count). The first-order chi connectivity index (χ1) is 7.27. The predicted molar refractivity (Wildman–Crippen MR) is 66.6 cm³/mol. The molecule has 0 aromatic rings. The van der Waals surface area contributed by atoms with Crippen LogP contribution in [0, 0.1) is 17.3 Å². The largest absolute Gasteiger partial charge is 0.0770 e. The average molecular weight is 200 g/mol. The molecule has 0 aromatic carbocycles. The van der Waals surface area contributed by atoms with Crippen molar-refractivity contribution in [3.63, 3.8) is 0 Å². The zero-order valence-electron chi connectivity index (χ0n) is 9.69. The maximum atomic E-state index is 2.42. The molecular weight excluding hydrogens is 180 g/mol. The van der Waals surface area contributed by atoms with Crippen LogP contribution in [-0.2, 0) is 0 Å². The Morgan fingerprint density at radius 2 is 1.27 bits per heavy atom. The second-order valence-corrected chi connectivity index (χ2v) is 4.85. The lowest BCUT2D eigenvalue weighted by Gasteiger charge is -2.38. The highest BCUT2D eigenvalue weighted by atomic mass is 14.4. The summed E-state index contributed by atoms with van der Waals surface area (Å²) in [5.41, 5.74) is 0.363. The molecule has 0 aliphatic heterocycles. The van der Waals surface area contributed by atoms with Crippen LogP contribution in [0.3, 0.4) is 0 Å². The quantitative estimate of drug-likeness (QED) is 0.635. The zero-order valence-corrected chi connectivity index (χ0v) is 9.69. The molecule has 0 nitrogen and oxygen atoms in total. The van der Waals surface area contributed by atoms with E-state index in [1.54, 1.807) is 0 Å². The Morgan fingerprint density at radius 3 is 1.60 bits per heavy atom. The van der Waals surface area contributed by atoms with Crippen molar-refractivity contribution < 1.29 is 0 Å². The van der Waals surface area contributed by atoms with E-state index in [2.05, 4.69) is 62.5 Å². The molecule has 0 heterocycles. The molecule has 0 N–H and O–H groups in total. The monoisotopic (exact) mass is 200 g/mol. The molecule has 2 aliphatic rings. The fraction of sp³-hybridized carbons (Fsp3) is 0.467. The summed E-state index contributed by atoms with van der Waals surface area (Å²) in [7, 11) is 0. The van der Waals surface area contributed by atoms with Crippen LogP contribution in [0.1, 0.15) is 26.7 Å². The van der Waals surface area contributed by atoms with Crippen LogP contribution in [0.5, 0.6) is 0 Å². The SMILES string of the molecule is CCCC(C)(C1C=CC=C1)C1C=CC=C1. The number of rotatable bonds is 4. The standard InChI is InChI=1S/C15H20/c1-3-12-15(2,13-8-4-5-9-13)14-10-6-7-11-14/h4-11,13-14H,3,12H2,1-2H3. The third-order valence-corrected chi connectivity index (χ3v) is 3.81. The van der Waals surface area contributed by atoms with E-state index in [4.69, 9.17) is 0 Å². The van der Waals surface area contributed by atoms with Crippen LogP contribution in [0.2, 0.25) is 0 Å². The van der Waals surface area contributed by atoms with E-state index < -0.39 is 0 Å². The Morgan fingerprint density at radius 1 is 0.867 bits per heavy atom. The summed E-state index contributed by atoms with van der Waals surface area (Å²) in [6.45, 7) is 4.70. The molecule has 0 atom stereocenters. The average Bonchev–Trinajstić information content (AvgIpc) is 2.92. The van der Waals surface area contributed by atoms with Gasteiger partial charge in [0, 0.05) is 11.8 Å². The highest BCUT2D eigenvalue weighted by molar-refractivity contribution is 5.27. The van der Waals surface area contributed by atoms with Crippen LogP contribution in [0.4, 0.5) is 0 Å². The van der Waals surface area contributed by atoms with Crippen molar-refractivity contribution >= 4 is 0 Å². The van der Waals surface area contributed by atoms with Crippen LogP contribution in [0.15, 0.2) is 48.6 Å². The normalized spacial score (nSPS) is 20.9. The first kappa shape index (κ1) is 10.5. The fourth-order valence-electron chi connectivity index (χ4n) is 2.84. The minimum absolute atomic E-state index is 0.363. The minimum atomic E-state index is 0.363. The summed E-state index contributed by atoms with van der Waals surface area (Å²) in [5, 5.41) is 0. The summed E-state index contributed by atoms with van der Waals surface area (Å²) in [6, 6.07) is 0. The fourth-order valence-corrected chi connectivity index (χ4v) is 2.84. The summed E-state index contributed by atoms with van der Waals surface area (Å²) in [4.78, 5) is 0. The summed E-state index contributed by atoms with van der Waals surface area (Å²) in [6.07, 6.45) is 20.6. The lowest BCUT2D eigenvalue weighted by molar-refractivity contribution is 0.197. The minimum Gasteiger partial charge on any atom is -0.0770 e. The van der Waals surface area contributed by atoms with Gasteiger partial charge >= 0.3 is 0 Å².